The van der Waals surface area contributed by atoms with E-state index in [0.29, 0.717) is 5.69 Å². The van der Waals surface area contributed by atoms with Crippen molar-refractivity contribution in [1.82, 2.24) is 19.7 Å². The molecule has 0 saturated heterocycles. The number of rotatable bonds is 7. The van der Waals surface area contributed by atoms with Crippen LogP contribution in [0.3, 0.4) is 0 Å². The smallest absolute Gasteiger partial charge is 0.451 e. The third-order valence-corrected chi connectivity index (χ3v) is 4.68. The molecule has 0 unspecified atom stereocenters. The van der Waals surface area contributed by atoms with Gasteiger partial charge >= 0.3 is 12.1 Å². The Morgan fingerprint density at radius 1 is 1.38 bits per heavy atom. The van der Waals surface area contributed by atoms with Gasteiger partial charge in [0, 0.05) is 12.4 Å². The number of halogens is 3. The number of carbonyl (C=O) groups is 2. The highest BCUT2D eigenvalue weighted by molar-refractivity contribution is 7.99. The van der Waals surface area contributed by atoms with Gasteiger partial charge in [-0.1, -0.05) is 11.8 Å². The van der Waals surface area contributed by atoms with Crippen molar-refractivity contribution in [2.24, 2.45) is 7.05 Å². The summed E-state index contributed by atoms with van der Waals surface area (Å²) in [5, 5.41) is 10.9. The lowest BCUT2D eigenvalue weighted by atomic mass is 10.3. The minimum absolute atomic E-state index is 0.00583. The van der Waals surface area contributed by atoms with Gasteiger partial charge in [0.15, 0.2) is 10.3 Å². The molecule has 13 heteroatoms. The van der Waals surface area contributed by atoms with Crippen LogP contribution in [0.25, 0.3) is 0 Å². The molecule has 26 heavy (non-hydrogen) atoms. The maximum absolute atomic E-state index is 12.6. The van der Waals surface area contributed by atoms with Crippen molar-refractivity contribution in [3.63, 3.8) is 0 Å². The first-order chi connectivity index (χ1) is 12.2. The van der Waals surface area contributed by atoms with E-state index in [2.05, 4.69) is 20.5 Å². The molecule has 2 heterocycles. The van der Waals surface area contributed by atoms with E-state index in [1.807, 2.05) is 0 Å². The van der Waals surface area contributed by atoms with Crippen LogP contribution in [0.1, 0.15) is 18.4 Å². The van der Waals surface area contributed by atoms with Crippen LogP contribution in [-0.4, -0.2) is 44.0 Å². The van der Waals surface area contributed by atoms with Gasteiger partial charge in [0.2, 0.25) is 11.7 Å². The van der Waals surface area contributed by atoms with Crippen LogP contribution in [0.4, 0.5) is 18.3 Å². The fourth-order valence-corrected chi connectivity index (χ4v) is 3.22. The minimum atomic E-state index is -4.61. The predicted molar refractivity (Wildman–Crippen MR) is 87.8 cm³/mol. The molecule has 2 aromatic rings. The van der Waals surface area contributed by atoms with E-state index in [1.165, 1.54) is 7.05 Å². The Kier molecular flexibility index (Phi) is 6.58. The van der Waals surface area contributed by atoms with E-state index < -0.39 is 23.9 Å². The lowest BCUT2D eigenvalue weighted by Gasteiger charge is -2.06. The van der Waals surface area contributed by atoms with Crippen molar-refractivity contribution in [2.75, 3.05) is 17.7 Å². The standard InChI is InChI=1S/C13H14F3N5O3S2/c1-3-24-9(23)4-7-5-25-11(17-7)18-8(22)6-26-12-20-19-10(21(12)2)13(14,15)16/h5H,3-4,6H2,1-2H3,(H,17,18,22). The SMILES string of the molecule is CCOC(=O)Cc1csc(NC(=O)CSc2nnc(C(F)(F)F)n2C)n1. The van der Waals surface area contributed by atoms with Crippen LogP contribution in [-0.2, 0) is 34.0 Å². The Balaban J connectivity index is 1.87. The van der Waals surface area contributed by atoms with E-state index >= 15 is 0 Å². The Bertz CT molecular complexity index is 790. The van der Waals surface area contributed by atoms with E-state index in [-0.39, 0.29) is 29.1 Å². The number of thioether (sulfide) groups is 1. The zero-order valence-corrected chi connectivity index (χ0v) is 15.3. The number of hydrogen-bond donors (Lipinski definition) is 1. The number of thiazole rings is 1. The molecule has 0 fully saturated rings. The highest BCUT2D eigenvalue weighted by atomic mass is 32.2. The number of esters is 1. The number of ether oxygens (including phenoxy) is 1. The van der Waals surface area contributed by atoms with Crippen LogP contribution in [0.15, 0.2) is 10.5 Å². The van der Waals surface area contributed by atoms with Crippen molar-refractivity contribution in [2.45, 2.75) is 24.7 Å². The molecule has 0 atom stereocenters. The van der Waals surface area contributed by atoms with Gasteiger partial charge < -0.3 is 14.6 Å². The van der Waals surface area contributed by atoms with E-state index in [1.54, 1.807) is 12.3 Å². The zero-order chi connectivity index (χ0) is 19.3. The number of alkyl halides is 3. The van der Waals surface area contributed by atoms with Crippen LogP contribution in [0.2, 0.25) is 0 Å². The van der Waals surface area contributed by atoms with E-state index in [9.17, 15) is 22.8 Å². The first kappa shape index (κ1) is 20.2. The number of carbonyl (C=O) groups excluding carboxylic acids is 2. The lowest BCUT2D eigenvalue weighted by Crippen LogP contribution is -2.15. The summed E-state index contributed by atoms with van der Waals surface area (Å²) < 4.78 is 43.5. The average molecular weight is 409 g/mol. The van der Waals surface area contributed by atoms with Crippen molar-refractivity contribution in [3.8, 4) is 0 Å². The lowest BCUT2D eigenvalue weighted by molar-refractivity contribution is -0.147. The van der Waals surface area contributed by atoms with Crippen LogP contribution in [0.5, 0.6) is 0 Å². The molecule has 1 amide bonds. The summed E-state index contributed by atoms with van der Waals surface area (Å²) >= 11 is 1.94. The second-order valence-corrected chi connectivity index (χ2v) is 6.63. The van der Waals surface area contributed by atoms with Gasteiger partial charge in [0.1, 0.15) is 0 Å². The molecule has 0 aliphatic heterocycles. The first-order valence-electron chi connectivity index (χ1n) is 7.20. The van der Waals surface area contributed by atoms with Gasteiger partial charge in [-0.05, 0) is 6.92 Å². The number of aromatic nitrogens is 4. The van der Waals surface area contributed by atoms with Gasteiger partial charge in [-0.25, -0.2) is 4.98 Å². The molecule has 0 aliphatic carbocycles. The molecule has 0 aromatic carbocycles. The Morgan fingerprint density at radius 3 is 2.73 bits per heavy atom. The quantitative estimate of drug-likeness (QED) is 0.552. The van der Waals surface area contributed by atoms with E-state index in [0.717, 1.165) is 27.7 Å². The molecule has 1 N–H and O–H groups in total. The fraction of sp³-hybridized carbons (Fsp3) is 0.462. The minimum Gasteiger partial charge on any atom is -0.466 e. The summed E-state index contributed by atoms with van der Waals surface area (Å²) in [5.74, 6) is -2.20. The second kappa shape index (κ2) is 8.49. The Labute approximate surface area is 154 Å². The second-order valence-electron chi connectivity index (χ2n) is 4.83. The van der Waals surface area contributed by atoms with Crippen LogP contribution < -0.4 is 5.32 Å². The zero-order valence-electron chi connectivity index (χ0n) is 13.7. The number of nitrogens with zero attached hydrogens (tertiary/aromatic N) is 4. The van der Waals surface area contributed by atoms with Gasteiger partial charge in [-0.2, -0.15) is 13.2 Å². The first-order valence-corrected chi connectivity index (χ1v) is 9.06. The van der Waals surface area contributed by atoms with Crippen LogP contribution >= 0.6 is 23.1 Å². The topological polar surface area (TPSA) is 99.0 Å². The maximum Gasteiger partial charge on any atom is 0.451 e. The Morgan fingerprint density at radius 2 is 2.12 bits per heavy atom. The molecule has 8 nitrogen and oxygen atoms in total. The summed E-state index contributed by atoms with van der Waals surface area (Å²) in [6.07, 6.45) is -4.62. The number of amides is 1. The summed E-state index contributed by atoms with van der Waals surface area (Å²) in [7, 11) is 1.17. The molecular formula is C13H14F3N5O3S2. The summed E-state index contributed by atoms with van der Waals surface area (Å²) in [4.78, 5) is 27.3. The highest BCUT2D eigenvalue weighted by Gasteiger charge is 2.37. The number of nitrogens with one attached hydrogen (secondary N) is 1. The normalized spacial score (nSPS) is 11.4. The van der Waals surface area contributed by atoms with Crippen molar-refractivity contribution < 1.29 is 27.5 Å². The molecule has 2 aromatic heterocycles. The monoisotopic (exact) mass is 409 g/mol. The van der Waals surface area contributed by atoms with Crippen LogP contribution in [0, 0.1) is 0 Å². The van der Waals surface area contributed by atoms with Crippen molar-refractivity contribution in [1.29, 1.82) is 0 Å². The summed E-state index contributed by atoms with van der Waals surface area (Å²) in [6, 6.07) is 0. The van der Waals surface area contributed by atoms with E-state index in [4.69, 9.17) is 4.74 Å². The maximum atomic E-state index is 12.6. The summed E-state index contributed by atoms with van der Waals surface area (Å²) in [5.41, 5.74) is 0.458. The molecule has 142 valence electrons. The molecule has 2 rings (SSSR count). The molecule has 0 bridgehead atoms. The van der Waals surface area contributed by atoms with Gasteiger partial charge in [-0.3, -0.25) is 9.59 Å². The largest absolute Gasteiger partial charge is 0.466 e. The van der Waals surface area contributed by atoms with Crippen molar-refractivity contribution in [3.05, 3.63) is 16.9 Å². The molecule has 0 radical (unpaired) electrons. The highest BCUT2D eigenvalue weighted by Crippen LogP contribution is 2.29. The van der Waals surface area contributed by atoms with Gasteiger partial charge in [0.25, 0.3) is 0 Å². The predicted octanol–water partition coefficient (Wildman–Crippen LogP) is 2.13. The fourth-order valence-electron chi connectivity index (χ4n) is 1.78. The number of hydrogen-bond acceptors (Lipinski definition) is 8. The van der Waals surface area contributed by atoms with Gasteiger partial charge in [-0.15, -0.1) is 21.5 Å². The molecular weight excluding hydrogens is 395 g/mol. The number of anilines is 1. The third-order valence-electron chi connectivity index (χ3n) is 2.85. The molecule has 0 aliphatic rings. The molecule has 0 saturated carbocycles. The molecule has 0 spiro atoms. The van der Waals surface area contributed by atoms with Crippen molar-refractivity contribution >= 4 is 40.1 Å². The van der Waals surface area contributed by atoms with Gasteiger partial charge in [0.05, 0.1) is 24.5 Å². The summed E-state index contributed by atoms with van der Waals surface area (Å²) in [6.45, 7) is 1.96. The average Bonchev–Trinajstić information content (AvgIpc) is 3.11. The Hall–Kier alpha value is -2.15. The third kappa shape index (κ3) is 5.42.